The molecule has 0 saturated carbocycles. The molecule has 0 unspecified atom stereocenters. The Morgan fingerprint density at radius 2 is 1.80 bits per heavy atom. The quantitative estimate of drug-likeness (QED) is 0.747. The maximum Gasteiger partial charge on any atom is 0.255 e. The molecule has 0 aliphatic carbocycles. The first-order valence-corrected chi connectivity index (χ1v) is 8.60. The van der Waals surface area contributed by atoms with Crippen LogP contribution in [0.4, 0.5) is 0 Å². The van der Waals surface area contributed by atoms with Crippen LogP contribution in [-0.4, -0.2) is 15.7 Å². The summed E-state index contributed by atoms with van der Waals surface area (Å²) in [6.07, 6.45) is 2.44. The van der Waals surface area contributed by atoms with Gasteiger partial charge in [0.25, 0.3) is 5.91 Å². The molecular weight excluding hydrogens is 310 g/mol. The third-order valence-electron chi connectivity index (χ3n) is 4.40. The van der Waals surface area contributed by atoms with E-state index in [4.69, 9.17) is 0 Å². The fourth-order valence-corrected chi connectivity index (χ4v) is 2.95. The highest BCUT2D eigenvalue weighted by Gasteiger charge is 2.16. The number of rotatable bonds is 6. The van der Waals surface area contributed by atoms with Gasteiger partial charge in [-0.1, -0.05) is 61.5 Å². The average molecular weight is 333 g/mol. The lowest BCUT2D eigenvalue weighted by molar-refractivity contribution is 0.0950. The summed E-state index contributed by atoms with van der Waals surface area (Å²) in [5.41, 5.74) is 5.11. The molecule has 1 aromatic heterocycles. The summed E-state index contributed by atoms with van der Waals surface area (Å²) < 4.78 is 1.91. The Morgan fingerprint density at radius 3 is 2.52 bits per heavy atom. The lowest BCUT2D eigenvalue weighted by Gasteiger charge is -2.10. The highest BCUT2D eigenvalue weighted by Crippen LogP contribution is 2.13. The minimum absolute atomic E-state index is 0.0700. The maximum atomic E-state index is 12.6. The van der Waals surface area contributed by atoms with Crippen molar-refractivity contribution in [1.29, 1.82) is 0 Å². The molecule has 128 valence electrons. The van der Waals surface area contributed by atoms with Crippen molar-refractivity contribution in [1.82, 2.24) is 15.1 Å². The first-order valence-electron chi connectivity index (χ1n) is 8.60. The fraction of sp³-hybridized carbons (Fsp3) is 0.238. The number of benzene rings is 2. The van der Waals surface area contributed by atoms with Crippen LogP contribution >= 0.6 is 0 Å². The monoisotopic (exact) mass is 333 g/mol. The summed E-state index contributed by atoms with van der Waals surface area (Å²) in [6, 6.07) is 18.2. The van der Waals surface area contributed by atoms with Crippen LogP contribution in [0.1, 0.15) is 39.7 Å². The minimum atomic E-state index is -0.0700. The van der Waals surface area contributed by atoms with Gasteiger partial charge >= 0.3 is 0 Å². The van der Waals surface area contributed by atoms with E-state index in [2.05, 4.69) is 42.5 Å². The van der Waals surface area contributed by atoms with Gasteiger partial charge in [-0.25, -0.2) is 0 Å². The van der Waals surface area contributed by atoms with Crippen LogP contribution in [0, 0.1) is 6.92 Å². The molecule has 1 heterocycles. The summed E-state index contributed by atoms with van der Waals surface area (Å²) in [6.45, 7) is 5.31. The normalized spacial score (nSPS) is 10.6. The van der Waals surface area contributed by atoms with Crippen LogP contribution in [0.25, 0.3) is 0 Å². The molecule has 2 aromatic carbocycles. The molecule has 0 fully saturated rings. The van der Waals surface area contributed by atoms with E-state index in [0.29, 0.717) is 18.7 Å². The van der Waals surface area contributed by atoms with Crippen LogP contribution in [0.2, 0.25) is 0 Å². The molecule has 0 radical (unpaired) electrons. The number of aryl methyl sites for hydroxylation is 1. The van der Waals surface area contributed by atoms with Gasteiger partial charge in [-0.05, 0) is 30.0 Å². The lowest BCUT2D eigenvalue weighted by atomic mass is 10.1. The van der Waals surface area contributed by atoms with Crippen LogP contribution < -0.4 is 5.32 Å². The molecule has 1 amide bonds. The van der Waals surface area contributed by atoms with Gasteiger partial charge in [-0.3, -0.25) is 9.48 Å². The molecular formula is C21H23N3O. The number of hydrogen-bond acceptors (Lipinski definition) is 2. The largest absolute Gasteiger partial charge is 0.348 e. The Kier molecular flexibility index (Phi) is 5.29. The Labute approximate surface area is 148 Å². The third kappa shape index (κ3) is 3.97. The molecule has 4 heteroatoms. The van der Waals surface area contributed by atoms with Gasteiger partial charge in [0, 0.05) is 6.54 Å². The van der Waals surface area contributed by atoms with Gasteiger partial charge in [-0.2, -0.15) is 5.10 Å². The number of nitrogens with one attached hydrogen (secondary N) is 1. The molecule has 0 spiro atoms. The van der Waals surface area contributed by atoms with Gasteiger partial charge in [0.15, 0.2) is 0 Å². The predicted molar refractivity (Wildman–Crippen MR) is 99.5 cm³/mol. The summed E-state index contributed by atoms with van der Waals surface area (Å²) >= 11 is 0. The maximum absolute atomic E-state index is 12.6. The topological polar surface area (TPSA) is 46.9 Å². The van der Waals surface area contributed by atoms with E-state index < -0.39 is 0 Å². The van der Waals surface area contributed by atoms with Crippen LogP contribution in [0.3, 0.4) is 0 Å². The highest BCUT2D eigenvalue weighted by atomic mass is 16.1. The molecule has 4 nitrogen and oxygen atoms in total. The minimum Gasteiger partial charge on any atom is -0.348 e. The number of aromatic nitrogens is 2. The Balaban J connectivity index is 1.73. The molecule has 1 N–H and O–H groups in total. The number of carbonyl (C=O) groups excluding carboxylic acids is 1. The molecule has 3 rings (SSSR count). The van der Waals surface area contributed by atoms with Crippen LogP contribution in [0.15, 0.2) is 60.8 Å². The molecule has 0 aliphatic rings. The molecule has 0 aliphatic heterocycles. The molecule has 0 atom stereocenters. The van der Waals surface area contributed by atoms with E-state index in [0.717, 1.165) is 17.7 Å². The van der Waals surface area contributed by atoms with Gasteiger partial charge in [-0.15, -0.1) is 0 Å². The smallest absolute Gasteiger partial charge is 0.255 e. The fourth-order valence-electron chi connectivity index (χ4n) is 2.95. The van der Waals surface area contributed by atoms with E-state index in [-0.39, 0.29) is 5.91 Å². The van der Waals surface area contributed by atoms with Crippen molar-refractivity contribution in [2.75, 3.05) is 0 Å². The Hall–Kier alpha value is -2.88. The van der Waals surface area contributed by atoms with Gasteiger partial charge < -0.3 is 5.32 Å². The Morgan fingerprint density at radius 1 is 1.08 bits per heavy atom. The van der Waals surface area contributed by atoms with Crippen molar-refractivity contribution in [3.63, 3.8) is 0 Å². The predicted octanol–water partition coefficient (Wildman–Crippen LogP) is 3.73. The molecule has 3 aromatic rings. The van der Waals surface area contributed by atoms with E-state index in [9.17, 15) is 4.79 Å². The number of amides is 1. The van der Waals surface area contributed by atoms with Crippen molar-refractivity contribution in [3.8, 4) is 0 Å². The SMILES string of the molecule is CCc1c(C(=O)NCc2ccccc2C)cnn1Cc1ccccc1. The molecule has 0 saturated heterocycles. The second-order valence-corrected chi connectivity index (χ2v) is 6.11. The van der Waals surface area contributed by atoms with Crippen molar-refractivity contribution >= 4 is 5.91 Å². The zero-order chi connectivity index (χ0) is 17.6. The highest BCUT2D eigenvalue weighted by molar-refractivity contribution is 5.95. The van der Waals surface area contributed by atoms with Crippen molar-refractivity contribution < 1.29 is 4.79 Å². The number of carbonyl (C=O) groups is 1. The molecule has 0 bridgehead atoms. The average Bonchev–Trinajstić information content (AvgIpc) is 3.04. The Bertz CT molecular complexity index is 853. The van der Waals surface area contributed by atoms with Crippen molar-refractivity contribution in [2.45, 2.75) is 33.4 Å². The van der Waals surface area contributed by atoms with Crippen LogP contribution in [-0.2, 0) is 19.5 Å². The van der Waals surface area contributed by atoms with E-state index >= 15 is 0 Å². The summed E-state index contributed by atoms with van der Waals surface area (Å²) in [7, 11) is 0. The summed E-state index contributed by atoms with van der Waals surface area (Å²) in [5, 5.41) is 7.45. The zero-order valence-electron chi connectivity index (χ0n) is 14.7. The van der Waals surface area contributed by atoms with Gasteiger partial charge in [0.1, 0.15) is 0 Å². The first kappa shape index (κ1) is 17.0. The van der Waals surface area contributed by atoms with Crippen LogP contribution in [0.5, 0.6) is 0 Å². The first-order chi connectivity index (χ1) is 12.2. The summed E-state index contributed by atoms with van der Waals surface area (Å²) in [4.78, 5) is 12.6. The number of hydrogen-bond donors (Lipinski definition) is 1. The second kappa shape index (κ2) is 7.79. The van der Waals surface area contributed by atoms with E-state index in [1.54, 1.807) is 6.20 Å². The van der Waals surface area contributed by atoms with E-state index in [1.165, 1.54) is 11.1 Å². The third-order valence-corrected chi connectivity index (χ3v) is 4.40. The standard InChI is InChI=1S/C21H23N3O/c1-3-20-19(14-23-24(20)15-17-10-5-4-6-11-17)21(25)22-13-18-12-8-7-9-16(18)2/h4-12,14H,3,13,15H2,1-2H3,(H,22,25). The van der Waals surface area contributed by atoms with E-state index in [1.807, 2.05) is 41.1 Å². The van der Waals surface area contributed by atoms with Crippen molar-refractivity contribution in [2.24, 2.45) is 0 Å². The zero-order valence-corrected chi connectivity index (χ0v) is 14.7. The van der Waals surface area contributed by atoms with Gasteiger partial charge in [0.2, 0.25) is 0 Å². The van der Waals surface area contributed by atoms with Crippen molar-refractivity contribution in [3.05, 3.63) is 88.7 Å². The lowest BCUT2D eigenvalue weighted by Crippen LogP contribution is -2.24. The molecule has 25 heavy (non-hydrogen) atoms. The summed E-state index contributed by atoms with van der Waals surface area (Å²) in [5.74, 6) is -0.0700. The van der Waals surface area contributed by atoms with Gasteiger partial charge in [0.05, 0.1) is 24.0 Å². The number of nitrogens with zero attached hydrogens (tertiary/aromatic N) is 2. The second-order valence-electron chi connectivity index (χ2n) is 6.11.